The van der Waals surface area contributed by atoms with Crippen LogP contribution >= 0.6 is 0 Å². The first-order chi connectivity index (χ1) is 16.8. The van der Waals surface area contributed by atoms with Crippen molar-refractivity contribution in [3.05, 3.63) is 48.0 Å². The van der Waals surface area contributed by atoms with E-state index in [0.29, 0.717) is 30.0 Å². The molecule has 1 N–H and O–H groups in total. The third-order valence-corrected chi connectivity index (χ3v) is 6.21. The first-order valence-electron chi connectivity index (χ1n) is 11.9. The van der Waals surface area contributed by atoms with Gasteiger partial charge in [-0.2, -0.15) is 0 Å². The molecule has 9 heteroatoms. The molecule has 3 amide bonds. The van der Waals surface area contributed by atoms with Crippen LogP contribution in [0.15, 0.2) is 42.5 Å². The summed E-state index contributed by atoms with van der Waals surface area (Å²) >= 11 is 0. The third kappa shape index (κ3) is 5.09. The number of nitrogens with one attached hydrogen (secondary N) is 1. The number of carbonyl (C=O) groups is 3. The number of hydrogen-bond donors (Lipinski definition) is 1. The van der Waals surface area contributed by atoms with Gasteiger partial charge in [0.25, 0.3) is 5.91 Å². The van der Waals surface area contributed by atoms with E-state index in [0.717, 1.165) is 24.2 Å². The van der Waals surface area contributed by atoms with E-state index in [1.54, 1.807) is 23.6 Å². The zero-order chi connectivity index (χ0) is 25.1. The minimum absolute atomic E-state index is 0.0220. The molecule has 186 valence electrons. The van der Waals surface area contributed by atoms with E-state index in [-0.39, 0.29) is 24.6 Å². The Morgan fingerprint density at radius 1 is 0.943 bits per heavy atom. The molecule has 0 radical (unpaired) electrons. The first-order valence-corrected chi connectivity index (χ1v) is 11.9. The van der Waals surface area contributed by atoms with Crippen LogP contribution in [0.25, 0.3) is 11.1 Å². The molecular weight excluding hydrogens is 448 g/mol. The standard InChI is InChI=1S/C26H32N4O5/c1-17(2)35-25(32)29-16-18(3)30(26(33)34-4)22-10-9-21(15-23(22)29)19-5-7-20(8-6-19)24(31)28-13-11-27-12-14-28/h5-10,15,17-18,27H,11-14,16H2,1-4H3/t18-/m0/s1. The molecule has 2 aliphatic heterocycles. The third-order valence-electron chi connectivity index (χ3n) is 6.21. The first kappa shape index (κ1) is 24.5. The highest BCUT2D eigenvalue weighted by Gasteiger charge is 2.36. The predicted octanol–water partition coefficient (Wildman–Crippen LogP) is 3.73. The molecule has 0 spiro atoms. The van der Waals surface area contributed by atoms with Gasteiger partial charge in [-0.1, -0.05) is 18.2 Å². The van der Waals surface area contributed by atoms with Gasteiger partial charge < -0.3 is 19.7 Å². The maximum atomic E-state index is 12.9. The zero-order valence-corrected chi connectivity index (χ0v) is 20.6. The Hall–Kier alpha value is -3.59. The highest BCUT2D eigenvalue weighted by molar-refractivity contribution is 6.02. The Kier molecular flexibility index (Phi) is 7.25. The lowest BCUT2D eigenvalue weighted by Gasteiger charge is -2.40. The summed E-state index contributed by atoms with van der Waals surface area (Å²) in [6, 6.07) is 12.7. The quantitative estimate of drug-likeness (QED) is 0.720. The fourth-order valence-corrected chi connectivity index (χ4v) is 4.48. The number of methoxy groups -OCH3 is 1. The molecule has 1 saturated heterocycles. The van der Waals surface area contributed by atoms with Crippen molar-refractivity contribution in [2.24, 2.45) is 0 Å². The van der Waals surface area contributed by atoms with Crippen molar-refractivity contribution < 1.29 is 23.9 Å². The molecule has 0 aliphatic carbocycles. The number of piperazine rings is 1. The SMILES string of the molecule is COC(=O)N1c2ccc(-c3ccc(C(=O)N4CCNCC4)cc3)cc2N(C(=O)OC(C)C)C[C@@H]1C. The zero-order valence-electron chi connectivity index (χ0n) is 20.6. The number of fused-ring (bicyclic) bond motifs is 1. The van der Waals surface area contributed by atoms with E-state index in [1.165, 1.54) is 7.11 Å². The van der Waals surface area contributed by atoms with Crippen LogP contribution in [0.2, 0.25) is 0 Å². The fraction of sp³-hybridized carbons (Fsp3) is 0.423. The lowest BCUT2D eigenvalue weighted by molar-refractivity contribution is 0.0735. The lowest BCUT2D eigenvalue weighted by Crippen LogP contribution is -2.52. The van der Waals surface area contributed by atoms with Gasteiger partial charge in [-0.05, 0) is 56.2 Å². The van der Waals surface area contributed by atoms with E-state index in [2.05, 4.69) is 5.32 Å². The van der Waals surface area contributed by atoms with Gasteiger partial charge in [-0.3, -0.25) is 14.6 Å². The Balaban J connectivity index is 1.66. The predicted molar refractivity (Wildman–Crippen MR) is 134 cm³/mol. The van der Waals surface area contributed by atoms with E-state index < -0.39 is 12.2 Å². The van der Waals surface area contributed by atoms with Gasteiger partial charge in [-0.15, -0.1) is 0 Å². The molecule has 2 aromatic rings. The Labute approximate surface area is 205 Å². The molecule has 2 aliphatic rings. The number of ether oxygens (including phenoxy) is 2. The summed E-state index contributed by atoms with van der Waals surface area (Å²) in [7, 11) is 1.34. The number of amides is 3. The van der Waals surface area contributed by atoms with Gasteiger partial charge in [-0.25, -0.2) is 9.59 Å². The van der Waals surface area contributed by atoms with Crippen LogP contribution in [0.3, 0.4) is 0 Å². The summed E-state index contributed by atoms with van der Waals surface area (Å²) < 4.78 is 10.5. The number of hydrogen-bond acceptors (Lipinski definition) is 6. The van der Waals surface area contributed by atoms with Gasteiger partial charge >= 0.3 is 12.2 Å². The van der Waals surface area contributed by atoms with Crippen LogP contribution in [0.4, 0.5) is 21.0 Å². The van der Waals surface area contributed by atoms with Crippen LogP contribution in [-0.4, -0.2) is 75.0 Å². The van der Waals surface area contributed by atoms with E-state index in [4.69, 9.17) is 9.47 Å². The Morgan fingerprint density at radius 3 is 2.23 bits per heavy atom. The van der Waals surface area contributed by atoms with Crippen molar-refractivity contribution >= 4 is 29.5 Å². The molecule has 9 nitrogen and oxygen atoms in total. The highest BCUT2D eigenvalue weighted by atomic mass is 16.6. The minimum Gasteiger partial charge on any atom is -0.452 e. The molecule has 2 heterocycles. The summed E-state index contributed by atoms with van der Waals surface area (Å²) in [5.41, 5.74) is 3.53. The minimum atomic E-state index is -0.487. The number of nitrogens with zero attached hydrogens (tertiary/aromatic N) is 3. The summed E-state index contributed by atoms with van der Waals surface area (Å²) in [5, 5.41) is 3.25. The number of benzene rings is 2. The van der Waals surface area contributed by atoms with Crippen molar-refractivity contribution in [3.8, 4) is 11.1 Å². The topological polar surface area (TPSA) is 91.4 Å². The summed E-state index contributed by atoms with van der Waals surface area (Å²) in [4.78, 5) is 43.2. The van der Waals surface area contributed by atoms with Crippen LogP contribution < -0.4 is 15.1 Å². The van der Waals surface area contributed by atoms with E-state index >= 15 is 0 Å². The smallest absolute Gasteiger partial charge is 0.414 e. The van der Waals surface area contributed by atoms with Crippen LogP contribution in [0.1, 0.15) is 31.1 Å². The van der Waals surface area contributed by atoms with E-state index in [1.807, 2.05) is 54.3 Å². The molecule has 0 unspecified atom stereocenters. The van der Waals surface area contributed by atoms with Gasteiger partial charge in [0.2, 0.25) is 0 Å². The molecule has 35 heavy (non-hydrogen) atoms. The average molecular weight is 481 g/mol. The maximum Gasteiger partial charge on any atom is 0.414 e. The Bertz CT molecular complexity index is 1100. The maximum absolute atomic E-state index is 12.9. The number of rotatable bonds is 3. The van der Waals surface area contributed by atoms with Crippen molar-refractivity contribution in [1.82, 2.24) is 10.2 Å². The molecule has 0 aromatic heterocycles. The number of anilines is 2. The lowest BCUT2D eigenvalue weighted by atomic mass is 10.00. The van der Waals surface area contributed by atoms with Gasteiger partial charge in [0.05, 0.1) is 37.2 Å². The van der Waals surface area contributed by atoms with E-state index in [9.17, 15) is 14.4 Å². The second-order valence-electron chi connectivity index (χ2n) is 9.06. The molecule has 2 aromatic carbocycles. The largest absolute Gasteiger partial charge is 0.452 e. The molecule has 1 fully saturated rings. The second-order valence-corrected chi connectivity index (χ2v) is 9.06. The van der Waals surface area contributed by atoms with Crippen LogP contribution in [-0.2, 0) is 9.47 Å². The highest BCUT2D eigenvalue weighted by Crippen LogP contribution is 2.39. The van der Waals surface area contributed by atoms with Crippen molar-refractivity contribution in [3.63, 3.8) is 0 Å². The van der Waals surface area contributed by atoms with Crippen LogP contribution in [0.5, 0.6) is 0 Å². The fourth-order valence-electron chi connectivity index (χ4n) is 4.48. The van der Waals surface area contributed by atoms with Gasteiger partial charge in [0.1, 0.15) is 0 Å². The van der Waals surface area contributed by atoms with Crippen LogP contribution in [0, 0.1) is 0 Å². The molecule has 1 atom stereocenters. The molecular formula is C26H32N4O5. The summed E-state index contributed by atoms with van der Waals surface area (Å²) in [6.07, 6.45) is -1.23. The molecule has 0 bridgehead atoms. The van der Waals surface area contributed by atoms with Crippen molar-refractivity contribution in [2.45, 2.75) is 32.9 Å². The monoisotopic (exact) mass is 480 g/mol. The summed E-state index contributed by atoms with van der Waals surface area (Å²) in [5.74, 6) is 0.0220. The van der Waals surface area contributed by atoms with Crippen molar-refractivity contribution in [2.75, 3.05) is 49.6 Å². The van der Waals surface area contributed by atoms with Gasteiger partial charge in [0, 0.05) is 31.7 Å². The molecule has 0 saturated carbocycles. The second kappa shape index (κ2) is 10.4. The Morgan fingerprint density at radius 2 is 1.60 bits per heavy atom. The van der Waals surface area contributed by atoms with Gasteiger partial charge in [0.15, 0.2) is 0 Å². The summed E-state index contributed by atoms with van der Waals surface area (Å²) in [6.45, 7) is 8.73. The van der Waals surface area contributed by atoms with Crippen molar-refractivity contribution in [1.29, 1.82) is 0 Å². The normalized spacial score (nSPS) is 17.7. The number of carbonyl (C=O) groups excluding carboxylic acids is 3. The average Bonchev–Trinajstić information content (AvgIpc) is 2.87. The molecule has 4 rings (SSSR count).